The van der Waals surface area contributed by atoms with Crippen molar-refractivity contribution in [1.82, 2.24) is 26.6 Å². The van der Waals surface area contributed by atoms with Crippen LogP contribution >= 0.6 is 0 Å². The van der Waals surface area contributed by atoms with E-state index >= 15 is 0 Å². The van der Waals surface area contributed by atoms with Crippen molar-refractivity contribution in [3.05, 3.63) is 0 Å². The lowest BCUT2D eigenvalue weighted by Gasteiger charge is -2.39. The van der Waals surface area contributed by atoms with Crippen molar-refractivity contribution in [2.45, 2.75) is 125 Å². The van der Waals surface area contributed by atoms with Crippen molar-refractivity contribution in [2.24, 2.45) is 0 Å². The molecule has 3 fully saturated rings. The van der Waals surface area contributed by atoms with Gasteiger partial charge in [0, 0.05) is 13.1 Å². The molecule has 11 unspecified atom stereocenters. The Kier molecular flexibility index (Phi) is 20.1. The number of hydrogen-bond donors (Lipinski definition) is 15. The Morgan fingerprint density at radius 2 is 0.949 bits per heavy atom. The largest absolute Gasteiger partial charge is 0.394 e. The van der Waals surface area contributed by atoms with Crippen molar-refractivity contribution in [2.75, 3.05) is 52.7 Å². The molecular weight excluding hydrogens is 802 g/mol. The average molecular weight is 860 g/mol. The lowest BCUT2D eigenvalue weighted by Crippen LogP contribution is -2.59. The summed E-state index contributed by atoms with van der Waals surface area (Å²) in [4.78, 5) is 63.6. The van der Waals surface area contributed by atoms with E-state index in [9.17, 15) is 75.0 Å². The maximum atomic E-state index is 12.9. The zero-order valence-corrected chi connectivity index (χ0v) is 32.4. The second-order valence-corrected chi connectivity index (χ2v) is 14.2. The van der Waals surface area contributed by atoms with E-state index < -0.39 is 167 Å². The summed E-state index contributed by atoms with van der Waals surface area (Å²) < 4.78 is 31.4. The normalized spacial score (nSPS) is 34.9. The van der Waals surface area contributed by atoms with Gasteiger partial charge in [-0.3, -0.25) is 24.0 Å². The van der Waals surface area contributed by atoms with Gasteiger partial charge in [0.1, 0.15) is 99.0 Å². The van der Waals surface area contributed by atoms with E-state index in [0.29, 0.717) is 0 Å². The molecule has 3 saturated heterocycles. The number of rotatable bonds is 21. The Bertz CT molecular complexity index is 1310. The third-order valence-electron chi connectivity index (χ3n) is 9.52. The lowest BCUT2D eigenvalue weighted by molar-refractivity contribution is -0.299. The lowest BCUT2D eigenvalue weighted by atomic mass is 9.99. The van der Waals surface area contributed by atoms with Gasteiger partial charge in [0.25, 0.3) is 0 Å². The quantitative estimate of drug-likeness (QED) is 0.0509. The molecule has 3 aliphatic heterocycles. The predicted octanol–water partition coefficient (Wildman–Crippen LogP) is -10.1. The van der Waals surface area contributed by atoms with Crippen LogP contribution in [-0.4, -0.2) is 237 Å². The molecule has 0 aromatic carbocycles. The van der Waals surface area contributed by atoms with Gasteiger partial charge < -0.3 is 106 Å². The van der Waals surface area contributed by atoms with Crippen molar-refractivity contribution in [3.8, 4) is 0 Å². The first-order valence-electron chi connectivity index (χ1n) is 18.7. The van der Waals surface area contributed by atoms with E-state index in [4.69, 9.17) is 28.4 Å². The molecule has 3 aliphatic rings. The van der Waals surface area contributed by atoms with Gasteiger partial charge in [-0.25, -0.2) is 0 Å². The molecular formula is C33H57N5O21. The number of nitrogens with one attached hydrogen (secondary N) is 5. The fourth-order valence-electron chi connectivity index (χ4n) is 5.96. The van der Waals surface area contributed by atoms with Crippen LogP contribution in [0.3, 0.4) is 0 Å². The minimum absolute atomic E-state index is 0.261. The highest BCUT2D eigenvalue weighted by atomic mass is 16.7. The molecule has 0 spiro atoms. The molecule has 0 saturated carbocycles. The first-order valence-corrected chi connectivity index (χ1v) is 18.7. The van der Waals surface area contributed by atoms with E-state index in [0.717, 1.165) is 0 Å². The van der Waals surface area contributed by atoms with Gasteiger partial charge in [-0.2, -0.15) is 0 Å². The molecule has 15 N–H and O–H groups in total. The molecule has 0 aromatic heterocycles. The molecule has 16 atom stereocenters. The van der Waals surface area contributed by atoms with Crippen LogP contribution in [0.2, 0.25) is 0 Å². The Morgan fingerprint density at radius 3 is 1.34 bits per heavy atom. The Labute approximate surface area is 337 Å². The van der Waals surface area contributed by atoms with E-state index in [2.05, 4.69) is 26.6 Å². The molecule has 26 nitrogen and oxygen atoms in total. The Balaban J connectivity index is 1.51. The molecule has 0 radical (unpaired) electrons. The molecule has 0 aliphatic carbocycles. The smallest absolute Gasteiger partial charge is 0.246 e. The van der Waals surface area contributed by atoms with Crippen LogP contribution < -0.4 is 26.6 Å². The summed E-state index contributed by atoms with van der Waals surface area (Å²) in [5, 5.41) is 110. The third-order valence-corrected chi connectivity index (χ3v) is 9.52. The third kappa shape index (κ3) is 14.4. The van der Waals surface area contributed by atoms with Gasteiger partial charge >= 0.3 is 0 Å². The molecule has 0 aromatic rings. The van der Waals surface area contributed by atoms with Gasteiger partial charge in [0.15, 0.2) is 12.6 Å². The molecule has 5 amide bonds. The highest BCUT2D eigenvalue weighted by molar-refractivity contribution is 5.88. The highest BCUT2D eigenvalue weighted by Crippen LogP contribution is 2.23. The molecule has 3 rings (SSSR count). The Morgan fingerprint density at radius 1 is 0.542 bits per heavy atom. The van der Waals surface area contributed by atoms with Crippen LogP contribution in [0.1, 0.15) is 20.8 Å². The van der Waals surface area contributed by atoms with Gasteiger partial charge in [-0.05, 0) is 20.8 Å². The number of carbonyl (C=O) groups excluding carboxylic acids is 5. The Hall–Kier alpha value is -3.29. The summed E-state index contributed by atoms with van der Waals surface area (Å²) in [6, 6.07) is -3.47. The second-order valence-electron chi connectivity index (χ2n) is 14.2. The summed E-state index contributed by atoms with van der Waals surface area (Å²) in [7, 11) is 0. The average Bonchev–Trinajstić information content (AvgIpc) is 3.44. The maximum absolute atomic E-state index is 12.9. The minimum Gasteiger partial charge on any atom is -0.394 e. The van der Waals surface area contributed by atoms with Gasteiger partial charge in [0.2, 0.25) is 29.5 Å². The first kappa shape index (κ1) is 50.1. The molecule has 0 bridgehead atoms. The number of aliphatic hydroxyl groups is 10. The number of amides is 5. The number of carbonyl (C=O) groups is 5. The first-order chi connectivity index (χ1) is 27.8. The summed E-state index contributed by atoms with van der Waals surface area (Å²) >= 11 is 0. The topological polar surface area (TPSA) is 403 Å². The fraction of sp³-hybridized carbons (Fsp3) is 0.848. The van der Waals surface area contributed by atoms with Crippen LogP contribution in [0.25, 0.3) is 0 Å². The van der Waals surface area contributed by atoms with Gasteiger partial charge in [-0.15, -0.1) is 0 Å². The summed E-state index contributed by atoms with van der Waals surface area (Å²) in [5.41, 5.74) is 0. The fourth-order valence-corrected chi connectivity index (χ4v) is 5.96. The monoisotopic (exact) mass is 859 g/mol. The number of ether oxygens (including phenoxy) is 6. The molecule has 59 heavy (non-hydrogen) atoms. The van der Waals surface area contributed by atoms with Crippen molar-refractivity contribution < 1.29 is 103 Å². The molecule has 340 valence electrons. The van der Waals surface area contributed by atoms with Crippen LogP contribution in [-0.2, 0) is 52.4 Å². The van der Waals surface area contributed by atoms with Crippen LogP contribution in [0, 0.1) is 0 Å². The van der Waals surface area contributed by atoms with Gasteiger partial charge in [-0.1, -0.05) is 0 Å². The maximum Gasteiger partial charge on any atom is 0.246 e. The second kappa shape index (κ2) is 23.6. The number of aliphatic hydroxyl groups excluding tert-OH is 10. The number of hydrogen-bond acceptors (Lipinski definition) is 21. The van der Waals surface area contributed by atoms with Crippen molar-refractivity contribution in [1.29, 1.82) is 0 Å². The SMILES string of the molecule is CC1O[C@H](COCC(=O)NC(CNC(=O)[C@H](C)NC(=O)COC2OC(CO)C(O)C(O)C2O)CNC(=O)[C@H](C)NC(=O)COC2OC(CO)C(O)C(O)C2O)[C@@H](O)[C@H]1O. The van der Waals surface area contributed by atoms with E-state index in [1.54, 1.807) is 6.92 Å². The van der Waals surface area contributed by atoms with Gasteiger partial charge in [0.05, 0.1) is 32.0 Å². The van der Waals surface area contributed by atoms with Crippen molar-refractivity contribution in [3.63, 3.8) is 0 Å². The zero-order chi connectivity index (χ0) is 44.1. The van der Waals surface area contributed by atoms with E-state index in [1.807, 2.05) is 0 Å². The predicted molar refractivity (Wildman–Crippen MR) is 190 cm³/mol. The van der Waals surface area contributed by atoms with Crippen LogP contribution in [0.15, 0.2) is 0 Å². The minimum atomic E-state index is -1.77. The summed E-state index contributed by atoms with van der Waals surface area (Å²) in [5.74, 6) is -4.02. The van der Waals surface area contributed by atoms with E-state index in [1.165, 1.54) is 13.8 Å². The molecule has 3 heterocycles. The summed E-state index contributed by atoms with van der Waals surface area (Å²) in [6.07, 6.45) is -20.1. The summed E-state index contributed by atoms with van der Waals surface area (Å²) in [6.45, 7) is -0.372. The van der Waals surface area contributed by atoms with Crippen LogP contribution in [0.5, 0.6) is 0 Å². The van der Waals surface area contributed by atoms with E-state index in [-0.39, 0.29) is 19.7 Å². The molecule has 26 heteroatoms. The standard InChI is InChI=1S/C33H57N5O21/c1-12(36-20(42)10-55-32-28(50)26(48)23(45)16(6-39)58-32)30(52)34-4-15(38-19(41)9-54-8-18-25(47)22(44)14(3)57-18)5-35-31(53)13(2)37-21(43)11-56-33-29(51)27(49)24(46)17(7-40)59-33/h12-18,22-29,32-33,39-40,44-51H,4-11H2,1-3H3,(H,34,52)(H,35,53)(H,36,42)(H,37,43)(H,38,41)/t12-,13-,14?,15?,16?,17?,18+,22-,23?,24?,25+,26?,27?,28?,29?,32?,33?/m0/s1. The highest BCUT2D eigenvalue weighted by Gasteiger charge is 2.45. The zero-order valence-electron chi connectivity index (χ0n) is 32.4. The van der Waals surface area contributed by atoms with Crippen molar-refractivity contribution >= 4 is 29.5 Å². The van der Waals surface area contributed by atoms with Crippen LogP contribution in [0.4, 0.5) is 0 Å².